The Kier molecular flexibility index (Phi) is 4.21. The standard InChI is InChI=1S/C11H16ClNO2S/c1-3-8(2)16(14,15)7-9-4-5-10(13)6-11(9)12/h4-6,8H,3,7,13H2,1-2H3. The lowest BCUT2D eigenvalue weighted by molar-refractivity contribution is 0.580. The van der Waals surface area contributed by atoms with Crippen molar-refractivity contribution in [2.24, 2.45) is 0 Å². The molecule has 3 nitrogen and oxygen atoms in total. The van der Waals surface area contributed by atoms with Gasteiger partial charge in [-0.1, -0.05) is 24.6 Å². The molecule has 0 fully saturated rings. The van der Waals surface area contributed by atoms with Gasteiger partial charge in [-0.25, -0.2) is 8.42 Å². The molecule has 1 rings (SSSR count). The van der Waals surface area contributed by atoms with E-state index in [4.69, 9.17) is 17.3 Å². The third-order valence-corrected chi connectivity index (χ3v) is 5.25. The average Bonchev–Trinajstić information content (AvgIpc) is 2.21. The van der Waals surface area contributed by atoms with E-state index >= 15 is 0 Å². The van der Waals surface area contributed by atoms with Crippen LogP contribution in [-0.4, -0.2) is 13.7 Å². The Morgan fingerprint density at radius 3 is 2.56 bits per heavy atom. The van der Waals surface area contributed by atoms with Crippen molar-refractivity contribution < 1.29 is 8.42 Å². The monoisotopic (exact) mass is 261 g/mol. The van der Waals surface area contributed by atoms with Gasteiger partial charge in [-0.2, -0.15) is 0 Å². The van der Waals surface area contributed by atoms with Crippen LogP contribution in [0, 0.1) is 0 Å². The number of benzene rings is 1. The van der Waals surface area contributed by atoms with Crippen LogP contribution in [-0.2, 0) is 15.6 Å². The van der Waals surface area contributed by atoms with Crippen LogP contribution in [0.15, 0.2) is 18.2 Å². The van der Waals surface area contributed by atoms with Gasteiger partial charge in [0.15, 0.2) is 9.84 Å². The molecule has 1 atom stereocenters. The van der Waals surface area contributed by atoms with Gasteiger partial charge in [0.25, 0.3) is 0 Å². The highest BCUT2D eigenvalue weighted by molar-refractivity contribution is 7.91. The summed E-state index contributed by atoms with van der Waals surface area (Å²) in [4.78, 5) is 0. The predicted molar refractivity (Wildman–Crippen MR) is 68.2 cm³/mol. The van der Waals surface area contributed by atoms with E-state index < -0.39 is 9.84 Å². The van der Waals surface area contributed by atoms with E-state index in [2.05, 4.69) is 0 Å². The van der Waals surface area contributed by atoms with Gasteiger partial charge in [-0.15, -0.1) is 0 Å². The summed E-state index contributed by atoms with van der Waals surface area (Å²) in [7, 11) is -3.12. The van der Waals surface area contributed by atoms with Crippen molar-refractivity contribution in [1.82, 2.24) is 0 Å². The third-order valence-electron chi connectivity index (χ3n) is 2.62. The maximum Gasteiger partial charge on any atom is 0.157 e. The summed E-state index contributed by atoms with van der Waals surface area (Å²) < 4.78 is 23.8. The minimum absolute atomic E-state index is 0.0267. The Morgan fingerprint density at radius 2 is 2.06 bits per heavy atom. The molecule has 0 radical (unpaired) electrons. The molecule has 0 aliphatic heterocycles. The Balaban J connectivity index is 2.97. The van der Waals surface area contributed by atoms with Gasteiger partial charge >= 0.3 is 0 Å². The molecule has 0 bridgehead atoms. The van der Waals surface area contributed by atoms with Crippen LogP contribution in [0.4, 0.5) is 5.69 Å². The van der Waals surface area contributed by atoms with Crippen LogP contribution in [0.2, 0.25) is 5.02 Å². The topological polar surface area (TPSA) is 60.2 Å². The predicted octanol–water partition coefficient (Wildman–Crippen LogP) is 2.64. The molecule has 16 heavy (non-hydrogen) atoms. The van der Waals surface area contributed by atoms with Crippen LogP contribution in [0.5, 0.6) is 0 Å². The lowest BCUT2D eigenvalue weighted by Crippen LogP contribution is -2.18. The van der Waals surface area contributed by atoms with Crippen LogP contribution in [0.3, 0.4) is 0 Å². The van der Waals surface area contributed by atoms with Gasteiger partial charge in [0, 0.05) is 10.7 Å². The summed E-state index contributed by atoms with van der Waals surface area (Å²) in [6.45, 7) is 3.56. The number of hydrogen-bond donors (Lipinski definition) is 1. The fourth-order valence-electron chi connectivity index (χ4n) is 1.29. The zero-order chi connectivity index (χ0) is 12.3. The molecule has 0 amide bonds. The minimum Gasteiger partial charge on any atom is -0.399 e. The molecule has 2 N–H and O–H groups in total. The molecule has 1 aromatic carbocycles. The molecular formula is C11H16ClNO2S. The van der Waals surface area contributed by atoms with Crippen molar-refractivity contribution in [2.45, 2.75) is 31.3 Å². The van der Waals surface area contributed by atoms with E-state index in [0.29, 0.717) is 22.7 Å². The quantitative estimate of drug-likeness (QED) is 0.848. The smallest absolute Gasteiger partial charge is 0.157 e. The zero-order valence-corrected chi connectivity index (χ0v) is 11.0. The lowest BCUT2D eigenvalue weighted by atomic mass is 10.2. The number of nitrogen functional groups attached to an aromatic ring is 1. The molecule has 0 aliphatic rings. The summed E-state index contributed by atoms with van der Waals surface area (Å²) in [6.07, 6.45) is 0.606. The summed E-state index contributed by atoms with van der Waals surface area (Å²) >= 11 is 5.94. The molecule has 0 aromatic heterocycles. The molecule has 1 unspecified atom stereocenters. The van der Waals surface area contributed by atoms with Crippen LogP contribution in [0.25, 0.3) is 0 Å². The maximum absolute atomic E-state index is 11.9. The van der Waals surface area contributed by atoms with E-state index in [1.165, 1.54) is 0 Å². The van der Waals surface area contributed by atoms with E-state index in [1.54, 1.807) is 25.1 Å². The molecule has 0 heterocycles. The number of hydrogen-bond acceptors (Lipinski definition) is 3. The normalized spacial score (nSPS) is 13.7. The second kappa shape index (κ2) is 5.06. The van der Waals surface area contributed by atoms with Crippen molar-refractivity contribution in [1.29, 1.82) is 0 Å². The Labute approximate surface area is 102 Å². The van der Waals surface area contributed by atoms with Gasteiger partial charge < -0.3 is 5.73 Å². The van der Waals surface area contributed by atoms with Gasteiger partial charge in [0.2, 0.25) is 0 Å². The van der Waals surface area contributed by atoms with Gasteiger partial charge in [0.05, 0.1) is 11.0 Å². The number of nitrogens with two attached hydrogens (primary N) is 1. The van der Waals surface area contributed by atoms with Gasteiger partial charge in [-0.3, -0.25) is 0 Å². The Bertz CT molecular complexity index is 471. The van der Waals surface area contributed by atoms with Crippen molar-refractivity contribution in [3.8, 4) is 0 Å². The molecule has 1 aromatic rings. The lowest BCUT2D eigenvalue weighted by Gasteiger charge is -2.11. The van der Waals surface area contributed by atoms with E-state index in [9.17, 15) is 8.42 Å². The highest BCUT2D eigenvalue weighted by atomic mass is 35.5. The van der Waals surface area contributed by atoms with Crippen LogP contribution >= 0.6 is 11.6 Å². The van der Waals surface area contributed by atoms with Gasteiger partial charge in [-0.05, 0) is 31.0 Å². The van der Waals surface area contributed by atoms with E-state index in [1.807, 2.05) is 6.92 Å². The SMILES string of the molecule is CCC(C)S(=O)(=O)Cc1ccc(N)cc1Cl. The van der Waals surface area contributed by atoms with Gasteiger partial charge in [0.1, 0.15) is 0 Å². The molecular weight excluding hydrogens is 246 g/mol. The average molecular weight is 262 g/mol. The first kappa shape index (κ1) is 13.3. The molecule has 0 saturated heterocycles. The molecule has 5 heteroatoms. The highest BCUT2D eigenvalue weighted by Crippen LogP contribution is 2.23. The summed E-state index contributed by atoms with van der Waals surface area (Å²) in [5.41, 5.74) is 6.69. The molecule has 0 saturated carbocycles. The zero-order valence-electron chi connectivity index (χ0n) is 9.40. The Morgan fingerprint density at radius 1 is 1.44 bits per heavy atom. The summed E-state index contributed by atoms with van der Waals surface area (Å²) in [5.74, 6) is -0.0267. The fourth-order valence-corrected chi connectivity index (χ4v) is 3.11. The first-order valence-electron chi connectivity index (χ1n) is 5.12. The Hall–Kier alpha value is -0.740. The number of anilines is 1. The number of sulfone groups is 1. The first-order chi connectivity index (χ1) is 7.36. The molecule has 0 aliphatic carbocycles. The second-order valence-electron chi connectivity index (χ2n) is 3.88. The van der Waals surface area contributed by atoms with Crippen molar-refractivity contribution in [2.75, 3.05) is 5.73 Å². The van der Waals surface area contributed by atoms with Crippen molar-refractivity contribution in [3.63, 3.8) is 0 Å². The van der Waals surface area contributed by atoms with Crippen LogP contribution < -0.4 is 5.73 Å². The van der Waals surface area contributed by atoms with Crippen molar-refractivity contribution in [3.05, 3.63) is 28.8 Å². The van der Waals surface area contributed by atoms with E-state index in [-0.39, 0.29) is 11.0 Å². The summed E-state index contributed by atoms with van der Waals surface area (Å²) in [6, 6.07) is 4.90. The van der Waals surface area contributed by atoms with Crippen molar-refractivity contribution >= 4 is 27.1 Å². The maximum atomic E-state index is 11.9. The fraction of sp³-hybridized carbons (Fsp3) is 0.455. The summed E-state index contributed by atoms with van der Waals surface area (Å²) in [5, 5.41) is 0.0630. The highest BCUT2D eigenvalue weighted by Gasteiger charge is 2.20. The van der Waals surface area contributed by atoms with Crippen LogP contribution in [0.1, 0.15) is 25.8 Å². The second-order valence-corrected chi connectivity index (χ2v) is 6.70. The number of halogens is 1. The minimum atomic E-state index is -3.12. The van der Waals surface area contributed by atoms with E-state index in [0.717, 1.165) is 0 Å². The first-order valence-corrected chi connectivity index (χ1v) is 7.21. The molecule has 90 valence electrons. The third kappa shape index (κ3) is 3.12. The largest absolute Gasteiger partial charge is 0.399 e. The molecule has 0 spiro atoms. The number of rotatable bonds is 4.